The maximum atomic E-state index is 12.0. The van der Waals surface area contributed by atoms with Crippen LogP contribution in [0.15, 0.2) is 54.9 Å². The van der Waals surface area contributed by atoms with Gasteiger partial charge in [0.15, 0.2) is 0 Å². The van der Waals surface area contributed by atoms with E-state index in [1.807, 2.05) is 30.3 Å². The molecule has 5 nitrogen and oxygen atoms in total. The number of rotatable bonds is 8. The summed E-state index contributed by atoms with van der Waals surface area (Å²) in [4.78, 5) is 29.3. The summed E-state index contributed by atoms with van der Waals surface area (Å²) in [5.41, 5.74) is 2.22. The second kappa shape index (κ2) is 9.45. The van der Waals surface area contributed by atoms with Crippen LogP contribution in [0.25, 0.3) is 0 Å². The average Bonchev–Trinajstić information content (AvgIpc) is 2.61. The van der Waals surface area contributed by atoms with Crippen LogP contribution >= 0.6 is 0 Å². The van der Waals surface area contributed by atoms with Crippen molar-refractivity contribution in [3.8, 4) is 0 Å². The molecule has 1 aromatic carbocycles. The molecule has 0 saturated heterocycles. The normalized spacial score (nSPS) is 10.2. The van der Waals surface area contributed by atoms with E-state index in [0.29, 0.717) is 13.1 Å². The second-order valence-electron chi connectivity index (χ2n) is 5.66. The summed E-state index contributed by atoms with van der Waals surface area (Å²) >= 11 is 0. The smallest absolute Gasteiger partial charge is 0.239 e. The second-order valence-corrected chi connectivity index (χ2v) is 5.66. The van der Waals surface area contributed by atoms with Gasteiger partial charge in [0.1, 0.15) is 0 Å². The SMILES string of the molecule is CC(=O)N(CCCc1ccccc1)CC(=O)NCc1ccncc1. The molecule has 2 rings (SSSR count). The third kappa shape index (κ3) is 6.20. The number of aromatic nitrogens is 1. The van der Waals surface area contributed by atoms with Gasteiger partial charge in [0, 0.05) is 32.4 Å². The molecule has 0 fully saturated rings. The summed E-state index contributed by atoms with van der Waals surface area (Å²) in [6, 6.07) is 13.8. The van der Waals surface area contributed by atoms with Crippen molar-refractivity contribution in [3.63, 3.8) is 0 Å². The van der Waals surface area contributed by atoms with E-state index in [9.17, 15) is 9.59 Å². The molecule has 0 radical (unpaired) electrons. The van der Waals surface area contributed by atoms with Gasteiger partial charge in [-0.15, -0.1) is 0 Å². The molecule has 0 spiro atoms. The van der Waals surface area contributed by atoms with Crippen molar-refractivity contribution in [2.75, 3.05) is 13.1 Å². The number of hydrogen-bond donors (Lipinski definition) is 1. The van der Waals surface area contributed by atoms with Crippen LogP contribution < -0.4 is 5.32 Å². The van der Waals surface area contributed by atoms with Gasteiger partial charge in [-0.3, -0.25) is 14.6 Å². The standard InChI is InChI=1S/C19H23N3O2/c1-16(23)22(13-5-8-17-6-3-2-4-7-17)15-19(24)21-14-18-9-11-20-12-10-18/h2-4,6-7,9-12H,5,8,13-15H2,1H3,(H,21,24). The Bertz CT molecular complexity index is 644. The number of hydrogen-bond acceptors (Lipinski definition) is 3. The molecule has 0 aliphatic rings. The zero-order chi connectivity index (χ0) is 17.2. The van der Waals surface area contributed by atoms with Crippen molar-refractivity contribution in [1.29, 1.82) is 0 Å². The Morgan fingerprint density at radius 2 is 1.75 bits per heavy atom. The average molecular weight is 325 g/mol. The van der Waals surface area contributed by atoms with E-state index in [1.54, 1.807) is 17.3 Å². The number of benzene rings is 1. The van der Waals surface area contributed by atoms with E-state index < -0.39 is 0 Å². The lowest BCUT2D eigenvalue weighted by molar-refractivity contribution is -0.134. The van der Waals surface area contributed by atoms with E-state index in [-0.39, 0.29) is 18.4 Å². The van der Waals surface area contributed by atoms with Gasteiger partial charge in [0.2, 0.25) is 11.8 Å². The number of amides is 2. The number of nitrogens with zero attached hydrogens (tertiary/aromatic N) is 2. The predicted octanol–water partition coefficient (Wildman–Crippen LogP) is 2.18. The molecule has 0 atom stereocenters. The minimum atomic E-state index is -0.151. The van der Waals surface area contributed by atoms with Gasteiger partial charge >= 0.3 is 0 Å². The van der Waals surface area contributed by atoms with Gasteiger partial charge in [-0.25, -0.2) is 0 Å². The molecule has 126 valence electrons. The van der Waals surface area contributed by atoms with Crippen molar-refractivity contribution in [2.24, 2.45) is 0 Å². The quantitative estimate of drug-likeness (QED) is 0.809. The summed E-state index contributed by atoms with van der Waals surface area (Å²) in [5.74, 6) is -0.233. The first-order chi connectivity index (χ1) is 11.6. The molecule has 1 aromatic heterocycles. The molecule has 5 heteroatoms. The zero-order valence-electron chi connectivity index (χ0n) is 13.9. The molecule has 0 aliphatic carbocycles. The Morgan fingerprint density at radius 3 is 2.42 bits per heavy atom. The topological polar surface area (TPSA) is 62.3 Å². The predicted molar refractivity (Wildman–Crippen MR) is 93.1 cm³/mol. The van der Waals surface area contributed by atoms with Crippen molar-refractivity contribution in [2.45, 2.75) is 26.3 Å². The van der Waals surface area contributed by atoms with E-state index >= 15 is 0 Å². The molecule has 24 heavy (non-hydrogen) atoms. The summed E-state index contributed by atoms with van der Waals surface area (Å²) in [5, 5.41) is 2.83. The minimum absolute atomic E-state index is 0.0814. The fraction of sp³-hybridized carbons (Fsp3) is 0.316. The van der Waals surface area contributed by atoms with Crippen LogP contribution in [0.1, 0.15) is 24.5 Å². The van der Waals surface area contributed by atoms with E-state index in [0.717, 1.165) is 18.4 Å². The third-order valence-corrected chi connectivity index (χ3v) is 3.76. The molecule has 0 saturated carbocycles. The molecular weight excluding hydrogens is 302 g/mol. The first-order valence-electron chi connectivity index (χ1n) is 8.10. The number of pyridine rings is 1. The summed E-state index contributed by atoms with van der Waals surface area (Å²) < 4.78 is 0. The van der Waals surface area contributed by atoms with Crippen molar-refractivity contribution in [3.05, 3.63) is 66.0 Å². The highest BCUT2D eigenvalue weighted by atomic mass is 16.2. The molecule has 0 aliphatic heterocycles. The molecule has 1 heterocycles. The van der Waals surface area contributed by atoms with Crippen LogP contribution in [0.5, 0.6) is 0 Å². The lowest BCUT2D eigenvalue weighted by Gasteiger charge is -2.20. The van der Waals surface area contributed by atoms with Crippen LogP contribution in [0.4, 0.5) is 0 Å². The minimum Gasteiger partial charge on any atom is -0.350 e. The maximum Gasteiger partial charge on any atom is 0.239 e. The number of nitrogens with one attached hydrogen (secondary N) is 1. The molecule has 2 amide bonds. The lowest BCUT2D eigenvalue weighted by Crippen LogP contribution is -2.40. The molecule has 2 aromatic rings. The Kier molecular flexibility index (Phi) is 6.95. The first-order valence-corrected chi connectivity index (χ1v) is 8.10. The maximum absolute atomic E-state index is 12.0. The highest BCUT2D eigenvalue weighted by molar-refractivity contribution is 5.83. The van der Waals surface area contributed by atoms with E-state index in [2.05, 4.69) is 22.4 Å². The van der Waals surface area contributed by atoms with E-state index in [4.69, 9.17) is 0 Å². The van der Waals surface area contributed by atoms with Crippen LogP contribution in [-0.4, -0.2) is 34.8 Å². The number of aryl methyl sites for hydroxylation is 1. The molecule has 0 bridgehead atoms. The number of carbonyl (C=O) groups is 2. The largest absolute Gasteiger partial charge is 0.350 e. The molecular formula is C19H23N3O2. The van der Waals surface area contributed by atoms with Gasteiger partial charge in [-0.1, -0.05) is 30.3 Å². The first kappa shape index (κ1) is 17.7. The van der Waals surface area contributed by atoms with Gasteiger partial charge in [0.05, 0.1) is 6.54 Å². The zero-order valence-corrected chi connectivity index (χ0v) is 13.9. The Labute approximate surface area is 142 Å². The van der Waals surface area contributed by atoms with Gasteiger partial charge < -0.3 is 10.2 Å². The van der Waals surface area contributed by atoms with Crippen LogP contribution in [-0.2, 0) is 22.6 Å². The third-order valence-electron chi connectivity index (χ3n) is 3.76. The number of carbonyl (C=O) groups excluding carboxylic acids is 2. The Hall–Kier alpha value is -2.69. The summed E-state index contributed by atoms with van der Waals surface area (Å²) in [7, 11) is 0. The van der Waals surface area contributed by atoms with Gasteiger partial charge in [0.25, 0.3) is 0 Å². The van der Waals surface area contributed by atoms with Crippen molar-refractivity contribution in [1.82, 2.24) is 15.2 Å². The molecule has 1 N–H and O–H groups in total. The van der Waals surface area contributed by atoms with Crippen LogP contribution in [0.2, 0.25) is 0 Å². The van der Waals surface area contributed by atoms with E-state index in [1.165, 1.54) is 12.5 Å². The summed E-state index contributed by atoms with van der Waals surface area (Å²) in [6.07, 6.45) is 5.10. The molecule has 0 unspecified atom stereocenters. The van der Waals surface area contributed by atoms with Crippen molar-refractivity contribution < 1.29 is 9.59 Å². The summed E-state index contributed by atoms with van der Waals surface area (Å²) in [6.45, 7) is 2.61. The monoisotopic (exact) mass is 325 g/mol. The fourth-order valence-corrected chi connectivity index (χ4v) is 2.40. The van der Waals surface area contributed by atoms with Crippen molar-refractivity contribution >= 4 is 11.8 Å². The van der Waals surface area contributed by atoms with Gasteiger partial charge in [-0.05, 0) is 36.1 Å². The van der Waals surface area contributed by atoms with Gasteiger partial charge in [-0.2, -0.15) is 0 Å². The highest BCUT2D eigenvalue weighted by Gasteiger charge is 2.13. The fourth-order valence-electron chi connectivity index (χ4n) is 2.40. The van der Waals surface area contributed by atoms with Crippen LogP contribution in [0.3, 0.4) is 0 Å². The highest BCUT2D eigenvalue weighted by Crippen LogP contribution is 2.04. The Balaban J connectivity index is 1.75. The van der Waals surface area contributed by atoms with Crippen LogP contribution in [0, 0.1) is 0 Å². The lowest BCUT2D eigenvalue weighted by atomic mass is 10.1. The Morgan fingerprint density at radius 1 is 1.04 bits per heavy atom.